The van der Waals surface area contributed by atoms with Crippen LogP contribution in [0.5, 0.6) is 0 Å². The van der Waals surface area contributed by atoms with Crippen LogP contribution >= 0.6 is 23.1 Å². The second kappa shape index (κ2) is 6.93. The molecule has 4 nitrogen and oxygen atoms in total. The quantitative estimate of drug-likeness (QED) is 0.528. The first kappa shape index (κ1) is 16.8. The second-order valence-electron chi connectivity index (χ2n) is 5.66. The van der Waals surface area contributed by atoms with E-state index in [1.54, 1.807) is 30.1 Å². The Bertz CT molecular complexity index is 1090. The highest BCUT2D eigenvalue weighted by atomic mass is 32.2. The molecule has 1 amide bonds. The molecule has 0 saturated heterocycles. The Morgan fingerprint density at radius 2 is 2.04 bits per heavy atom. The molecule has 0 radical (unpaired) electrons. The van der Waals surface area contributed by atoms with Crippen molar-refractivity contribution in [3.05, 3.63) is 71.6 Å². The number of halogens is 1. The molecule has 0 aliphatic rings. The maximum atomic E-state index is 13.8. The zero-order valence-corrected chi connectivity index (χ0v) is 15.4. The molecule has 7 heteroatoms. The van der Waals surface area contributed by atoms with Crippen molar-refractivity contribution in [1.82, 2.24) is 9.55 Å². The highest BCUT2D eigenvalue weighted by Gasteiger charge is 2.13. The molecule has 130 valence electrons. The molecule has 0 aliphatic heterocycles. The minimum atomic E-state index is -0.312. The van der Waals surface area contributed by atoms with Gasteiger partial charge in [-0.2, -0.15) is 0 Å². The number of hydrogen-bond acceptors (Lipinski definition) is 4. The largest absolute Gasteiger partial charge is 0.329 e. The van der Waals surface area contributed by atoms with E-state index in [0.717, 1.165) is 14.8 Å². The topological polar surface area (TPSA) is 46.9 Å². The number of nitrogens with one attached hydrogen (secondary N) is 1. The Hall–Kier alpha value is -2.64. The van der Waals surface area contributed by atoms with Crippen LogP contribution in [0.15, 0.2) is 71.0 Å². The van der Waals surface area contributed by atoms with Gasteiger partial charge in [-0.1, -0.05) is 17.8 Å². The van der Waals surface area contributed by atoms with Crippen LogP contribution in [-0.4, -0.2) is 15.5 Å². The average Bonchev–Trinajstić information content (AvgIpc) is 3.24. The Morgan fingerprint density at radius 3 is 2.73 bits per heavy atom. The first-order chi connectivity index (χ1) is 12.6. The van der Waals surface area contributed by atoms with Crippen molar-refractivity contribution in [2.45, 2.75) is 10.1 Å². The summed E-state index contributed by atoms with van der Waals surface area (Å²) in [6, 6.07) is 14.0. The Labute approximate surface area is 157 Å². The summed E-state index contributed by atoms with van der Waals surface area (Å²) < 4.78 is 16.5. The third kappa shape index (κ3) is 3.36. The van der Waals surface area contributed by atoms with Crippen LogP contribution in [0.4, 0.5) is 10.1 Å². The van der Waals surface area contributed by atoms with Gasteiger partial charge < -0.3 is 9.88 Å². The maximum absolute atomic E-state index is 13.8. The fourth-order valence-corrected chi connectivity index (χ4v) is 4.26. The van der Waals surface area contributed by atoms with Gasteiger partial charge >= 0.3 is 0 Å². The number of hydrogen-bond donors (Lipinski definition) is 1. The number of carbonyl (C=O) groups excluding carboxylic acids is 1. The summed E-state index contributed by atoms with van der Waals surface area (Å²) in [6.45, 7) is 0. The summed E-state index contributed by atoms with van der Waals surface area (Å²) in [5.74, 6) is -0.552. The van der Waals surface area contributed by atoms with Gasteiger partial charge in [0.2, 0.25) is 0 Å². The molecule has 0 fully saturated rings. The number of amides is 1. The number of aryl methyl sites for hydroxylation is 1. The monoisotopic (exact) mass is 383 g/mol. The zero-order chi connectivity index (χ0) is 18.1. The van der Waals surface area contributed by atoms with Crippen LogP contribution in [0.3, 0.4) is 0 Å². The number of aromatic nitrogens is 2. The van der Waals surface area contributed by atoms with E-state index in [4.69, 9.17) is 0 Å². The van der Waals surface area contributed by atoms with Crippen molar-refractivity contribution < 1.29 is 9.18 Å². The highest BCUT2D eigenvalue weighted by Crippen LogP contribution is 2.29. The van der Waals surface area contributed by atoms with Gasteiger partial charge in [-0.05, 0) is 42.5 Å². The summed E-state index contributed by atoms with van der Waals surface area (Å²) >= 11 is 2.83. The van der Waals surface area contributed by atoms with E-state index in [9.17, 15) is 9.18 Å². The van der Waals surface area contributed by atoms with E-state index in [1.807, 2.05) is 48.1 Å². The van der Waals surface area contributed by atoms with Crippen molar-refractivity contribution >= 4 is 44.8 Å². The minimum Gasteiger partial charge on any atom is -0.329 e. The number of thiophene rings is 1. The molecule has 0 saturated carbocycles. The first-order valence-corrected chi connectivity index (χ1v) is 9.48. The SMILES string of the molecule is Cn1ccnc1Sc1ccc(NC(=O)c2cc3c(F)cccc3s2)cc1. The summed E-state index contributed by atoms with van der Waals surface area (Å²) in [5.41, 5.74) is 0.692. The van der Waals surface area contributed by atoms with Gasteiger partial charge in [0, 0.05) is 40.1 Å². The fourth-order valence-electron chi connectivity index (χ4n) is 2.49. The lowest BCUT2D eigenvalue weighted by Crippen LogP contribution is -2.09. The lowest BCUT2D eigenvalue weighted by molar-refractivity contribution is 0.103. The summed E-state index contributed by atoms with van der Waals surface area (Å²) in [5, 5.41) is 4.23. The fraction of sp³-hybridized carbons (Fsp3) is 0.0526. The molecule has 0 unspecified atom stereocenters. The minimum absolute atomic E-state index is 0.241. The number of anilines is 1. The van der Waals surface area contributed by atoms with Gasteiger partial charge in [-0.25, -0.2) is 9.37 Å². The van der Waals surface area contributed by atoms with E-state index >= 15 is 0 Å². The molecule has 0 spiro atoms. The summed E-state index contributed by atoms with van der Waals surface area (Å²) in [4.78, 5) is 18.2. The van der Waals surface area contributed by atoms with Gasteiger partial charge in [-0.3, -0.25) is 4.79 Å². The number of carbonyl (C=O) groups is 1. The molecule has 2 heterocycles. The first-order valence-electron chi connectivity index (χ1n) is 7.85. The highest BCUT2D eigenvalue weighted by molar-refractivity contribution is 7.99. The maximum Gasteiger partial charge on any atom is 0.265 e. The van der Waals surface area contributed by atoms with Crippen molar-refractivity contribution in [3.63, 3.8) is 0 Å². The predicted octanol–water partition coefficient (Wildman–Crippen LogP) is 5.18. The molecule has 0 atom stereocenters. The number of fused-ring (bicyclic) bond motifs is 1. The van der Waals surface area contributed by atoms with Crippen LogP contribution in [-0.2, 0) is 7.05 Å². The van der Waals surface area contributed by atoms with Crippen molar-refractivity contribution in [2.24, 2.45) is 7.05 Å². The van der Waals surface area contributed by atoms with Crippen molar-refractivity contribution in [3.8, 4) is 0 Å². The third-order valence-electron chi connectivity index (χ3n) is 3.83. The molecule has 4 aromatic rings. The standard InChI is InChI=1S/C19H14FN3OS2/c1-23-10-9-21-19(23)25-13-7-5-12(6-8-13)22-18(24)17-11-14-15(20)3-2-4-16(14)26-17/h2-11H,1H3,(H,22,24). The Morgan fingerprint density at radius 1 is 1.23 bits per heavy atom. The lowest BCUT2D eigenvalue weighted by atomic mass is 10.2. The van der Waals surface area contributed by atoms with Crippen LogP contribution in [0.2, 0.25) is 0 Å². The molecular formula is C19H14FN3OS2. The smallest absolute Gasteiger partial charge is 0.265 e. The Balaban J connectivity index is 1.48. The molecule has 4 rings (SSSR count). The van der Waals surface area contributed by atoms with E-state index < -0.39 is 0 Å². The van der Waals surface area contributed by atoms with E-state index in [-0.39, 0.29) is 11.7 Å². The number of benzene rings is 2. The third-order valence-corrected chi connectivity index (χ3v) is 6.01. The van der Waals surface area contributed by atoms with Crippen LogP contribution in [0.1, 0.15) is 9.67 Å². The second-order valence-corrected chi connectivity index (χ2v) is 7.79. The van der Waals surface area contributed by atoms with E-state index in [0.29, 0.717) is 16.0 Å². The normalized spacial score (nSPS) is 11.0. The van der Waals surface area contributed by atoms with Gasteiger partial charge in [0.25, 0.3) is 5.91 Å². The predicted molar refractivity (Wildman–Crippen MR) is 104 cm³/mol. The lowest BCUT2D eigenvalue weighted by Gasteiger charge is -2.05. The number of imidazole rings is 1. The zero-order valence-electron chi connectivity index (χ0n) is 13.8. The van der Waals surface area contributed by atoms with Crippen LogP contribution < -0.4 is 5.32 Å². The van der Waals surface area contributed by atoms with E-state index in [2.05, 4.69) is 10.3 Å². The molecule has 2 aromatic carbocycles. The molecule has 26 heavy (non-hydrogen) atoms. The molecular weight excluding hydrogens is 369 g/mol. The summed E-state index contributed by atoms with van der Waals surface area (Å²) in [7, 11) is 1.94. The van der Waals surface area contributed by atoms with Crippen LogP contribution in [0, 0.1) is 5.82 Å². The number of nitrogens with zero attached hydrogens (tertiary/aromatic N) is 2. The van der Waals surface area contributed by atoms with E-state index in [1.165, 1.54) is 17.4 Å². The Kier molecular flexibility index (Phi) is 4.48. The molecule has 1 N–H and O–H groups in total. The van der Waals surface area contributed by atoms with Crippen molar-refractivity contribution in [1.29, 1.82) is 0 Å². The van der Waals surface area contributed by atoms with Crippen LogP contribution in [0.25, 0.3) is 10.1 Å². The molecule has 0 bridgehead atoms. The number of rotatable bonds is 4. The molecule has 0 aliphatic carbocycles. The summed E-state index contributed by atoms with van der Waals surface area (Å²) in [6.07, 6.45) is 3.65. The van der Waals surface area contributed by atoms with Gasteiger partial charge in [0.05, 0.1) is 4.88 Å². The molecule has 2 aromatic heterocycles. The van der Waals surface area contributed by atoms with Crippen molar-refractivity contribution in [2.75, 3.05) is 5.32 Å². The van der Waals surface area contributed by atoms with Gasteiger partial charge in [0.1, 0.15) is 5.82 Å². The average molecular weight is 383 g/mol. The van der Waals surface area contributed by atoms with Gasteiger partial charge in [-0.15, -0.1) is 11.3 Å². The van der Waals surface area contributed by atoms with Gasteiger partial charge in [0.15, 0.2) is 5.16 Å².